The Balaban J connectivity index is 2.22. The number of aromatic nitrogens is 2. The van der Waals surface area contributed by atoms with Gasteiger partial charge in [-0.2, -0.15) is 0 Å². The fraction of sp³-hybridized carbons (Fsp3) is 0.111. The smallest absolute Gasteiger partial charge is 0.172 e. The summed E-state index contributed by atoms with van der Waals surface area (Å²) in [6.07, 6.45) is 0. The number of benzene rings is 2. The van der Waals surface area contributed by atoms with Crippen LogP contribution in [0.25, 0.3) is 22.5 Å². The van der Waals surface area contributed by atoms with Gasteiger partial charge in [-0.25, -0.2) is 9.97 Å². The molecule has 0 fully saturated rings. The lowest BCUT2D eigenvalue weighted by Gasteiger charge is -2.12. The Morgan fingerprint density at radius 2 is 1.32 bits per heavy atom. The van der Waals surface area contributed by atoms with Crippen LogP contribution in [0.5, 0.6) is 0 Å². The van der Waals surface area contributed by atoms with E-state index in [0.717, 1.165) is 29.1 Å². The van der Waals surface area contributed by atoms with Gasteiger partial charge in [-0.15, -0.1) is 0 Å². The van der Waals surface area contributed by atoms with Crippen LogP contribution in [0, 0.1) is 0 Å². The third-order valence-electron chi connectivity index (χ3n) is 3.29. The minimum absolute atomic E-state index is 0.389. The van der Waals surface area contributed by atoms with E-state index in [1.165, 1.54) is 0 Å². The second-order valence-electron chi connectivity index (χ2n) is 4.82. The van der Waals surface area contributed by atoms with Crippen molar-refractivity contribution in [2.24, 2.45) is 0 Å². The highest BCUT2D eigenvalue weighted by molar-refractivity contribution is 6.31. The Labute approximate surface area is 135 Å². The van der Waals surface area contributed by atoms with E-state index in [1.54, 1.807) is 0 Å². The molecule has 0 saturated carbocycles. The van der Waals surface area contributed by atoms with Gasteiger partial charge in [-0.05, 0) is 6.92 Å². The molecular weight excluding hydrogens is 294 g/mol. The molecule has 1 N–H and O–H groups in total. The highest BCUT2D eigenvalue weighted by Crippen LogP contribution is 2.32. The Kier molecular flexibility index (Phi) is 4.35. The van der Waals surface area contributed by atoms with Crippen molar-refractivity contribution in [1.29, 1.82) is 0 Å². The first-order valence-corrected chi connectivity index (χ1v) is 7.59. The molecule has 0 radical (unpaired) electrons. The molecule has 3 aromatic rings. The number of anilines is 1. The lowest BCUT2D eigenvalue weighted by Crippen LogP contribution is -2.04. The summed E-state index contributed by atoms with van der Waals surface area (Å²) in [5.74, 6) is 0.614. The second-order valence-corrected chi connectivity index (χ2v) is 5.18. The number of rotatable bonds is 4. The molecule has 0 aliphatic rings. The molecule has 2 aromatic carbocycles. The highest BCUT2D eigenvalue weighted by atomic mass is 35.5. The molecule has 0 bridgehead atoms. The molecule has 0 unspecified atom stereocenters. The number of nitrogens with zero attached hydrogens (tertiary/aromatic N) is 2. The zero-order valence-electron chi connectivity index (χ0n) is 12.3. The largest absolute Gasteiger partial charge is 0.368 e. The van der Waals surface area contributed by atoms with Crippen molar-refractivity contribution < 1.29 is 0 Å². The SMILES string of the molecule is CCNc1nc(-c2ccccc2)c(-c2ccccc2)nc1Cl. The zero-order chi connectivity index (χ0) is 15.4. The maximum atomic E-state index is 6.28. The van der Waals surface area contributed by atoms with Gasteiger partial charge in [0.25, 0.3) is 0 Å². The van der Waals surface area contributed by atoms with Crippen molar-refractivity contribution in [3.8, 4) is 22.5 Å². The molecular formula is C18H16ClN3. The van der Waals surface area contributed by atoms with Gasteiger partial charge in [0, 0.05) is 17.7 Å². The van der Waals surface area contributed by atoms with Crippen LogP contribution in [0.2, 0.25) is 5.15 Å². The summed E-state index contributed by atoms with van der Waals surface area (Å²) in [6, 6.07) is 20.0. The third kappa shape index (κ3) is 2.95. The van der Waals surface area contributed by atoms with Crippen LogP contribution >= 0.6 is 11.6 Å². The van der Waals surface area contributed by atoms with Crippen LogP contribution < -0.4 is 5.32 Å². The maximum Gasteiger partial charge on any atom is 0.172 e. The van der Waals surface area contributed by atoms with Crippen molar-refractivity contribution in [3.05, 3.63) is 65.8 Å². The molecule has 0 aliphatic carbocycles. The highest BCUT2D eigenvalue weighted by Gasteiger charge is 2.15. The van der Waals surface area contributed by atoms with Gasteiger partial charge in [-0.1, -0.05) is 72.3 Å². The number of hydrogen-bond acceptors (Lipinski definition) is 3. The van der Waals surface area contributed by atoms with E-state index in [2.05, 4.69) is 10.3 Å². The molecule has 0 aliphatic heterocycles. The number of hydrogen-bond donors (Lipinski definition) is 1. The van der Waals surface area contributed by atoms with Gasteiger partial charge < -0.3 is 5.32 Å². The summed E-state index contributed by atoms with van der Waals surface area (Å²) in [7, 11) is 0. The van der Waals surface area contributed by atoms with Crippen molar-refractivity contribution in [2.75, 3.05) is 11.9 Å². The van der Waals surface area contributed by atoms with Gasteiger partial charge in [-0.3, -0.25) is 0 Å². The summed E-state index contributed by atoms with van der Waals surface area (Å²) in [5.41, 5.74) is 3.63. The summed E-state index contributed by atoms with van der Waals surface area (Å²) in [6.45, 7) is 2.75. The maximum absolute atomic E-state index is 6.28. The average molecular weight is 310 g/mol. The Morgan fingerprint density at radius 1 is 0.818 bits per heavy atom. The fourth-order valence-electron chi connectivity index (χ4n) is 2.29. The van der Waals surface area contributed by atoms with E-state index in [1.807, 2.05) is 67.6 Å². The summed E-state index contributed by atoms with van der Waals surface area (Å²) < 4.78 is 0. The van der Waals surface area contributed by atoms with Gasteiger partial charge >= 0.3 is 0 Å². The number of halogens is 1. The molecule has 1 aromatic heterocycles. The Hall–Kier alpha value is -2.39. The van der Waals surface area contributed by atoms with E-state index < -0.39 is 0 Å². The van der Waals surface area contributed by atoms with E-state index in [-0.39, 0.29) is 0 Å². The molecule has 0 saturated heterocycles. The van der Waals surface area contributed by atoms with Gasteiger partial charge in [0.05, 0.1) is 11.4 Å². The molecule has 0 spiro atoms. The first-order chi connectivity index (χ1) is 10.8. The molecule has 22 heavy (non-hydrogen) atoms. The Morgan fingerprint density at radius 3 is 1.82 bits per heavy atom. The molecule has 110 valence electrons. The normalized spacial score (nSPS) is 10.5. The molecule has 3 rings (SSSR count). The van der Waals surface area contributed by atoms with Gasteiger partial charge in [0.15, 0.2) is 11.0 Å². The van der Waals surface area contributed by atoms with E-state index in [4.69, 9.17) is 16.6 Å². The van der Waals surface area contributed by atoms with Crippen LogP contribution in [-0.4, -0.2) is 16.5 Å². The molecule has 3 nitrogen and oxygen atoms in total. The first-order valence-electron chi connectivity index (χ1n) is 7.22. The summed E-state index contributed by atoms with van der Waals surface area (Å²) in [5, 5.41) is 3.55. The molecule has 4 heteroatoms. The Bertz CT molecular complexity index is 758. The van der Waals surface area contributed by atoms with E-state index >= 15 is 0 Å². The standard InChI is InChI=1S/C18H16ClN3/c1-2-20-18-17(19)21-15(13-9-5-3-6-10-13)16(22-18)14-11-7-4-8-12-14/h3-12H,2H2,1H3,(H,20,22). The van der Waals surface area contributed by atoms with Crippen LogP contribution in [-0.2, 0) is 0 Å². The molecule has 0 amide bonds. The van der Waals surface area contributed by atoms with Gasteiger partial charge in [0.1, 0.15) is 0 Å². The van der Waals surface area contributed by atoms with E-state index in [9.17, 15) is 0 Å². The van der Waals surface area contributed by atoms with Crippen molar-refractivity contribution >= 4 is 17.4 Å². The van der Waals surface area contributed by atoms with Crippen LogP contribution in [0.4, 0.5) is 5.82 Å². The monoisotopic (exact) mass is 309 g/mol. The van der Waals surface area contributed by atoms with E-state index in [0.29, 0.717) is 11.0 Å². The van der Waals surface area contributed by atoms with Crippen molar-refractivity contribution in [3.63, 3.8) is 0 Å². The number of nitrogens with one attached hydrogen (secondary N) is 1. The van der Waals surface area contributed by atoms with Crippen LogP contribution in [0.3, 0.4) is 0 Å². The minimum atomic E-state index is 0.389. The molecule has 1 heterocycles. The first kappa shape index (κ1) is 14.5. The van der Waals surface area contributed by atoms with Crippen molar-refractivity contribution in [1.82, 2.24) is 9.97 Å². The summed E-state index contributed by atoms with van der Waals surface area (Å²) in [4.78, 5) is 9.28. The van der Waals surface area contributed by atoms with Crippen LogP contribution in [0.1, 0.15) is 6.92 Å². The third-order valence-corrected chi connectivity index (χ3v) is 3.56. The van der Waals surface area contributed by atoms with Crippen LogP contribution in [0.15, 0.2) is 60.7 Å². The predicted octanol–water partition coefficient (Wildman–Crippen LogP) is 4.90. The molecule has 0 atom stereocenters. The predicted molar refractivity (Wildman–Crippen MR) is 92.1 cm³/mol. The summed E-state index contributed by atoms with van der Waals surface area (Å²) >= 11 is 6.28. The quantitative estimate of drug-likeness (QED) is 0.745. The van der Waals surface area contributed by atoms with Gasteiger partial charge in [0.2, 0.25) is 0 Å². The fourth-order valence-corrected chi connectivity index (χ4v) is 2.48. The zero-order valence-corrected chi connectivity index (χ0v) is 13.0. The second kappa shape index (κ2) is 6.58. The minimum Gasteiger partial charge on any atom is -0.368 e. The lowest BCUT2D eigenvalue weighted by atomic mass is 10.0. The topological polar surface area (TPSA) is 37.8 Å². The average Bonchev–Trinajstić information content (AvgIpc) is 2.58. The van der Waals surface area contributed by atoms with Crippen molar-refractivity contribution in [2.45, 2.75) is 6.92 Å². The lowest BCUT2D eigenvalue weighted by molar-refractivity contribution is 1.13.